The van der Waals surface area contributed by atoms with E-state index in [-0.39, 0.29) is 5.71 Å². The van der Waals surface area contributed by atoms with Crippen LogP contribution in [0, 0.1) is 16.7 Å². The minimum Gasteiger partial charge on any atom is -0.447 e. The lowest BCUT2D eigenvalue weighted by Crippen LogP contribution is -2.25. The molecule has 0 radical (unpaired) electrons. The van der Waals surface area contributed by atoms with Crippen LogP contribution >= 0.6 is 0 Å². The molecule has 102 valence electrons. The number of cyclic esters (lactones) is 1. The summed E-state index contributed by atoms with van der Waals surface area (Å²) in [6, 6.07) is 8.65. The van der Waals surface area contributed by atoms with Crippen LogP contribution in [0.25, 0.3) is 0 Å². The monoisotopic (exact) mass is 272 g/mol. The SMILES string of the molecule is N#C/C(=N\Nc1ccccc1N1CCOC1=O)C(=N)N. The number of rotatable bonds is 4. The Morgan fingerprint density at radius 3 is 2.90 bits per heavy atom. The molecule has 0 unspecified atom stereocenters. The molecule has 0 atom stereocenters. The number of benzene rings is 1. The lowest BCUT2D eigenvalue weighted by atomic mass is 10.2. The first kappa shape index (κ1) is 13.4. The molecule has 4 N–H and O–H groups in total. The molecule has 8 heteroatoms. The zero-order valence-electron chi connectivity index (χ0n) is 10.5. The van der Waals surface area contributed by atoms with Crippen molar-refractivity contribution in [3.63, 3.8) is 0 Å². The second kappa shape index (κ2) is 5.71. The van der Waals surface area contributed by atoms with Gasteiger partial charge in [0.05, 0.1) is 17.9 Å². The van der Waals surface area contributed by atoms with E-state index < -0.39 is 11.9 Å². The van der Waals surface area contributed by atoms with E-state index in [1.54, 1.807) is 30.3 Å². The van der Waals surface area contributed by atoms with Crippen molar-refractivity contribution in [2.75, 3.05) is 23.5 Å². The number of hydrogen-bond acceptors (Lipinski definition) is 6. The van der Waals surface area contributed by atoms with Gasteiger partial charge in [-0.1, -0.05) is 12.1 Å². The molecule has 1 fully saturated rings. The van der Waals surface area contributed by atoms with Crippen LogP contribution in [0.3, 0.4) is 0 Å². The fraction of sp³-hybridized carbons (Fsp3) is 0.167. The third-order valence-electron chi connectivity index (χ3n) is 2.60. The second-order valence-corrected chi connectivity index (χ2v) is 3.88. The van der Waals surface area contributed by atoms with E-state index in [9.17, 15) is 4.79 Å². The van der Waals surface area contributed by atoms with Crippen molar-refractivity contribution < 1.29 is 9.53 Å². The molecule has 1 aromatic carbocycles. The quantitative estimate of drug-likeness (QED) is 0.425. The Bertz CT molecular complexity index is 619. The standard InChI is InChI=1S/C12H12N6O2/c13-7-9(11(14)15)17-16-8-3-1-2-4-10(8)18-5-6-20-12(18)19/h1-4,16H,5-6H2,(H3,14,15)/b17-9+. The molecule has 1 saturated heterocycles. The molecule has 0 bridgehead atoms. The first-order valence-electron chi connectivity index (χ1n) is 5.75. The van der Waals surface area contributed by atoms with Gasteiger partial charge in [0.15, 0.2) is 5.84 Å². The summed E-state index contributed by atoms with van der Waals surface area (Å²) >= 11 is 0. The van der Waals surface area contributed by atoms with Crippen LogP contribution in [0.2, 0.25) is 0 Å². The van der Waals surface area contributed by atoms with Crippen LogP contribution in [0.15, 0.2) is 29.4 Å². The van der Waals surface area contributed by atoms with Gasteiger partial charge in [0, 0.05) is 0 Å². The molecule has 0 saturated carbocycles. The highest BCUT2D eigenvalue weighted by atomic mass is 16.6. The van der Waals surface area contributed by atoms with Gasteiger partial charge in [-0.25, -0.2) is 4.79 Å². The maximum absolute atomic E-state index is 11.6. The van der Waals surface area contributed by atoms with Gasteiger partial charge >= 0.3 is 6.09 Å². The Labute approximate surface area is 114 Å². The van der Waals surface area contributed by atoms with E-state index in [1.165, 1.54) is 4.90 Å². The third kappa shape index (κ3) is 2.67. The minimum absolute atomic E-state index is 0.233. The summed E-state index contributed by atoms with van der Waals surface area (Å²) in [6.45, 7) is 0.770. The van der Waals surface area contributed by atoms with Gasteiger partial charge in [-0.05, 0) is 12.1 Å². The van der Waals surface area contributed by atoms with Gasteiger partial charge in [-0.2, -0.15) is 10.4 Å². The van der Waals surface area contributed by atoms with E-state index in [4.69, 9.17) is 21.1 Å². The molecular weight excluding hydrogens is 260 g/mol. The second-order valence-electron chi connectivity index (χ2n) is 3.88. The Balaban J connectivity index is 2.27. The predicted octanol–water partition coefficient (Wildman–Crippen LogP) is 0.871. The van der Waals surface area contributed by atoms with Crippen LogP contribution < -0.4 is 16.1 Å². The highest BCUT2D eigenvalue weighted by Crippen LogP contribution is 2.27. The summed E-state index contributed by atoms with van der Waals surface area (Å²) in [5, 5.41) is 19.7. The Kier molecular flexibility index (Phi) is 3.81. The summed E-state index contributed by atoms with van der Waals surface area (Å²) in [4.78, 5) is 13.0. The summed E-state index contributed by atoms with van der Waals surface area (Å²) in [6.07, 6.45) is -0.435. The summed E-state index contributed by atoms with van der Waals surface area (Å²) < 4.78 is 4.88. The lowest BCUT2D eigenvalue weighted by Gasteiger charge is -2.16. The van der Waals surface area contributed by atoms with Crippen LogP contribution in [-0.4, -0.2) is 30.8 Å². The third-order valence-corrected chi connectivity index (χ3v) is 2.60. The Hall–Kier alpha value is -3.08. The first-order valence-corrected chi connectivity index (χ1v) is 5.75. The molecule has 1 heterocycles. The van der Waals surface area contributed by atoms with Crippen molar-refractivity contribution in [3.05, 3.63) is 24.3 Å². The number of carbonyl (C=O) groups excluding carboxylic acids is 1. The molecule has 1 aliphatic rings. The van der Waals surface area contributed by atoms with Gasteiger partial charge < -0.3 is 10.5 Å². The smallest absolute Gasteiger partial charge is 0.414 e. The highest BCUT2D eigenvalue weighted by Gasteiger charge is 2.25. The van der Waals surface area contributed by atoms with Crippen LogP contribution in [0.1, 0.15) is 0 Å². The highest BCUT2D eigenvalue weighted by molar-refractivity contribution is 6.45. The van der Waals surface area contributed by atoms with E-state index in [2.05, 4.69) is 10.5 Å². The van der Waals surface area contributed by atoms with E-state index in [1.807, 2.05) is 0 Å². The topological polar surface area (TPSA) is 128 Å². The van der Waals surface area contributed by atoms with Gasteiger partial charge in [0.2, 0.25) is 5.71 Å². The molecule has 0 aromatic heterocycles. The average Bonchev–Trinajstić information content (AvgIpc) is 2.86. The van der Waals surface area contributed by atoms with Gasteiger partial charge in [-0.3, -0.25) is 15.7 Å². The normalized spacial score (nSPS) is 14.7. The number of nitrogens with one attached hydrogen (secondary N) is 2. The van der Waals surface area contributed by atoms with Crippen molar-refractivity contribution in [2.45, 2.75) is 0 Å². The number of nitrogens with two attached hydrogens (primary N) is 1. The Morgan fingerprint density at radius 1 is 1.55 bits per heavy atom. The largest absolute Gasteiger partial charge is 0.447 e. The Morgan fingerprint density at radius 2 is 2.30 bits per heavy atom. The number of para-hydroxylation sites is 2. The summed E-state index contributed by atoms with van der Waals surface area (Å²) in [7, 11) is 0. The molecule has 8 nitrogen and oxygen atoms in total. The van der Waals surface area contributed by atoms with Gasteiger partial charge in [-0.15, -0.1) is 0 Å². The maximum atomic E-state index is 11.6. The van der Waals surface area contributed by atoms with Crippen molar-refractivity contribution in [2.24, 2.45) is 10.8 Å². The van der Waals surface area contributed by atoms with Gasteiger partial charge in [0.25, 0.3) is 0 Å². The summed E-state index contributed by atoms with van der Waals surface area (Å²) in [5.74, 6) is -0.432. The number of amides is 1. The molecule has 0 spiro atoms. The fourth-order valence-electron chi connectivity index (χ4n) is 1.68. The van der Waals surface area contributed by atoms with Crippen LogP contribution in [-0.2, 0) is 4.74 Å². The molecule has 20 heavy (non-hydrogen) atoms. The number of anilines is 2. The predicted molar refractivity (Wildman–Crippen MR) is 73.7 cm³/mol. The van der Waals surface area contributed by atoms with E-state index >= 15 is 0 Å². The fourth-order valence-corrected chi connectivity index (χ4v) is 1.68. The van der Waals surface area contributed by atoms with Crippen molar-refractivity contribution in [1.82, 2.24) is 0 Å². The number of hydrogen-bond donors (Lipinski definition) is 3. The molecule has 1 amide bonds. The number of amidine groups is 1. The number of hydrazone groups is 1. The van der Waals surface area contributed by atoms with Crippen molar-refractivity contribution in [3.8, 4) is 6.07 Å². The number of nitriles is 1. The van der Waals surface area contributed by atoms with E-state index in [0.717, 1.165) is 0 Å². The minimum atomic E-state index is -0.435. The van der Waals surface area contributed by atoms with Crippen molar-refractivity contribution >= 4 is 29.0 Å². The number of nitrogens with zero attached hydrogens (tertiary/aromatic N) is 3. The number of ether oxygens (including phenoxy) is 1. The molecule has 2 rings (SSSR count). The average molecular weight is 272 g/mol. The zero-order valence-corrected chi connectivity index (χ0v) is 10.5. The molecule has 1 aromatic rings. The maximum Gasteiger partial charge on any atom is 0.414 e. The lowest BCUT2D eigenvalue weighted by molar-refractivity contribution is 0.181. The molecule has 1 aliphatic heterocycles. The summed E-state index contributed by atoms with van der Waals surface area (Å²) in [5.41, 5.74) is 8.70. The molecule has 0 aliphatic carbocycles. The van der Waals surface area contributed by atoms with Gasteiger partial charge in [0.1, 0.15) is 12.7 Å². The zero-order chi connectivity index (χ0) is 14.5. The number of carbonyl (C=O) groups is 1. The van der Waals surface area contributed by atoms with Crippen molar-refractivity contribution in [1.29, 1.82) is 10.7 Å². The van der Waals surface area contributed by atoms with E-state index in [0.29, 0.717) is 24.5 Å². The van der Waals surface area contributed by atoms with Crippen LogP contribution in [0.5, 0.6) is 0 Å². The molecular formula is C12H12N6O2. The van der Waals surface area contributed by atoms with Crippen LogP contribution in [0.4, 0.5) is 16.2 Å². The first-order chi connectivity index (χ1) is 9.63.